The minimum atomic E-state index is -0.572. The van der Waals surface area contributed by atoms with Gasteiger partial charge in [0.2, 0.25) is 5.91 Å². The lowest BCUT2D eigenvalue weighted by molar-refractivity contribution is -0.127. The number of imide groups is 1. The van der Waals surface area contributed by atoms with Gasteiger partial charge in [0.15, 0.2) is 4.67 Å². The van der Waals surface area contributed by atoms with Gasteiger partial charge in [-0.1, -0.05) is 0 Å². The van der Waals surface area contributed by atoms with Crippen LogP contribution in [0.5, 0.6) is 0 Å². The van der Waals surface area contributed by atoms with Crippen LogP contribution in [0.1, 0.15) is 5.76 Å². The monoisotopic (exact) mass is 424 g/mol. The molecular weight excluding hydrogens is 415 g/mol. The number of nitrogens with one attached hydrogen (secondary N) is 1. The van der Waals surface area contributed by atoms with E-state index in [-0.39, 0.29) is 4.91 Å². The van der Waals surface area contributed by atoms with Crippen LogP contribution in [-0.4, -0.2) is 28.5 Å². The first-order valence-electron chi connectivity index (χ1n) is 6.98. The molecule has 0 atom stereocenters. The molecule has 0 spiro atoms. The Labute approximate surface area is 154 Å². The second-order valence-electron chi connectivity index (χ2n) is 4.96. The predicted octanol–water partition coefficient (Wildman–Crippen LogP) is 3.86. The molecule has 3 amide bonds. The number of hydrogen-bond acceptors (Lipinski definition) is 5. The summed E-state index contributed by atoms with van der Waals surface area (Å²) < 4.78 is 18.6. The van der Waals surface area contributed by atoms with Crippen molar-refractivity contribution in [2.45, 2.75) is 0 Å². The summed E-state index contributed by atoms with van der Waals surface area (Å²) in [5, 5.41) is 1.95. The average Bonchev–Trinajstić information content (AvgIpc) is 3.08. The molecule has 1 aromatic heterocycles. The molecule has 1 aromatic carbocycles. The van der Waals surface area contributed by atoms with Crippen molar-refractivity contribution in [2.75, 3.05) is 11.9 Å². The van der Waals surface area contributed by atoms with Crippen LogP contribution in [0.4, 0.5) is 14.9 Å². The van der Waals surface area contributed by atoms with Crippen LogP contribution >= 0.6 is 27.7 Å². The second-order valence-corrected chi connectivity index (χ2v) is 6.74. The molecule has 1 N–H and O–H groups in total. The average molecular weight is 425 g/mol. The summed E-state index contributed by atoms with van der Waals surface area (Å²) in [6.45, 7) is -0.429. The molecule has 128 valence electrons. The number of carbonyl (C=O) groups excluding carboxylic acids is 3. The van der Waals surface area contributed by atoms with Gasteiger partial charge >= 0.3 is 0 Å². The van der Waals surface area contributed by atoms with Crippen molar-refractivity contribution in [3.05, 3.63) is 57.6 Å². The van der Waals surface area contributed by atoms with Crippen LogP contribution in [0, 0.1) is 5.82 Å². The van der Waals surface area contributed by atoms with Crippen molar-refractivity contribution in [1.29, 1.82) is 0 Å². The molecule has 0 aliphatic carbocycles. The Morgan fingerprint density at radius 2 is 1.96 bits per heavy atom. The maximum Gasteiger partial charge on any atom is 0.294 e. The Bertz CT molecular complexity index is 879. The first-order valence-corrected chi connectivity index (χ1v) is 8.59. The normalized spacial score (nSPS) is 15.9. The van der Waals surface area contributed by atoms with Gasteiger partial charge in [-0.15, -0.1) is 0 Å². The fourth-order valence-corrected chi connectivity index (χ4v) is 3.19. The zero-order valence-corrected chi connectivity index (χ0v) is 14.9. The Balaban J connectivity index is 1.67. The molecule has 0 saturated carbocycles. The number of benzene rings is 1. The minimum Gasteiger partial charge on any atom is -0.450 e. The van der Waals surface area contributed by atoms with Gasteiger partial charge in [0, 0.05) is 11.8 Å². The summed E-state index contributed by atoms with van der Waals surface area (Å²) in [7, 11) is 0. The zero-order valence-electron chi connectivity index (χ0n) is 12.5. The lowest BCUT2D eigenvalue weighted by Crippen LogP contribution is -2.36. The molecule has 0 radical (unpaired) electrons. The summed E-state index contributed by atoms with van der Waals surface area (Å²) in [5.41, 5.74) is 0.370. The van der Waals surface area contributed by atoms with E-state index in [1.165, 1.54) is 30.3 Å². The molecule has 1 aliphatic rings. The van der Waals surface area contributed by atoms with Gasteiger partial charge in [0.05, 0.1) is 4.91 Å². The molecule has 2 aromatic rings. The molecule has 1 aliphatic heterocycles. The topological polar surface area (TPSA) is 79.6 Å². The summed E-state index contributed by atoms with van der Waals surface area (Å²) in [4.78, 5) is 37.3. The highest BCUT2D eigenvalue weighted by molar-refractivity contribution is 9.10. The van der Waals surface area contributed by atoms with Crippen LogP contribution in [-0.2, 0) is 9.59 Å². The molecule has 0 unspecified atom stereocenters. The molecule has 9 heteroatoms. The number of rotatable bonds is 4. The van der Waals surface area contributed by atoms with Crippen molar-refractivity contribution in [3.8, 4) is 0 Å². The van der Waals surface area contributed by atoms with Gasteiger partial charge < -0.3 is 9.73 Å². The highest BCUT2D eigenvalue weighted by Crippen LogP contribution is 2.32. The molecule has 1 fully saturated rings. The van der Waals surface area contributed by atoms with Crippen molar-refractivity contribution in [2.24, 2.45) is 0 Å². The standard InChI is InChI=1S/C16H10BrFN2O4S/c17-13-6-5-11(24-13)7-12-15(22)20(16(23)25-12)8-14(21)19-10-3-1-9(18)2-4-10/h1-7H,8H2,(H,19,21)/b12-7-. The fourth-order valence-electron chi connectivity index (χ4n) is 2.05. The van der Waals surface area contributed by atoms with Gasteiger partial charge in [-0.05, 0) is 64.1 Å². The largest absolute Gasteiger partial charge is 0.450 e. The third-order valence-corrected chi connectivity index (χ3v) is 4.50. The smallest absolute Gasteiger partial charge is 0.294 e. The van der Waals surface area contributed by atoms with E-state index in [0.717, 1.165) is 16.7 Å². The summed E-state index contributed by atoms with van der Waals surface area (Å²) in [5.74, 6) is -1.15. The number of hydrogen-bond donors (Lipinski definition) is 1. The van der Waals surface area contributed by atoms with E-state index in [4.69, 9.17) is 4.42 Å². The fraction of sp³-hybridized carbons (Fsp3) is 0.0625. The van der Waals surface area contributed by atoms with Crippen LogP contribution in [0.25, 0.3) is 6.08 Å². The quantitative estimate of drug-likeness (QED) is 0.753. The number of thioether (sulfide) groups is 1. The lowest BCUT2D eigenvalue weighted by Gasteiger charge is -2.12. The number of furan rings is 1. The van der Waals surface area contributed by atoms with Crippen molar-refractivity contribution in [3.63, 3.8) is 0 Å². The van der Waals surface area contributed by atoms with E-state index in [9.17, 15) is 18.8 Å². The number of halogens is 2. The van der Waals surface area contributed by atoms with Crippen LogP contribution < -0.4 is 5.32 Å². The van der Waals surface area contributed by atoms with E-state index in [1.54, 1.807) is 12.1 Å². The van der Waals surface area contributed by atoms with Gasteiger partial charge in [0.1, 0.15) is 18.1 Å². The first kappa shape index (κ1) is 17.4. The highest BCUT2D eigenvalue weighted by Gasteiger charge is 2.36. The maximum absolute atomic E-state index is 12.8. The van der Waals surface area contributed by atoms with E-state index < -0.39 is 29.4 Å². The van der Waals surface area contributed by atoms with Gasteiger partial charge in [-0.3, -0.25) is 19.3 Å². The van der Waals surface area contributed by atoms with Gasteiger partial charge in [0.25, 0.3) is 11.1 Å². The maximum atomic E-state index is 12.8. The summed E-state index contributed by atoms with van der Waals surface area (Å²) in [6.07, 6.45) is 1.44. The van der Waals surface area contributed by atoms with E-state index in [1.807, 2.05) is 0 Å². The zero-order chi connectivity index (χ0) is 18.0. The molecule has 0 bridgehead atoms. The number of carbonyl (C=O) groups is 3. The van der Waals surface area contributed by atoms with Crippen molar-refractivity contribution < 1.29 is 23.2 Å². The first-order chi connectivity index (χ1) is 11.9. The number of anilines is 1. The number of nitrogens with zero attached hydrogens (tertiary/aromatic N) is 1. The molecular formula is C16H10BrFN2O4S. The Morgan fingerprint density at radius 1 is 1.24 bits per heavy atom. The molecule has 3 rings (SSSR count). The van der Waals surface area contributed by atoms with E-state index >= 15 is 0 Å². The van der Waals surface area contributed by atoms with Gasteiger partial charge in [-0.2, -0.15) is 0 Å². The summed E-state index contributed by atoms with van der Waals surface area (Å²) >= 11 is 3.88. The molecule has 2 heterocycles. The highest BCUT2D eigenvalue weighted by atomic mass is 79.9. The summed E-state index contributed by atoms with van der Waals surface area (Å²) in [6, 6.07) is 8.46. The minimum absolute atomic E-state index is 0.168. The van der Waals surface area contributed by atoms with Crippen LogP contribution in [0.15, 0.2) is 50.4 Å². The van der Waals surface area contributed by atoms with Crippen LogP contribution in [0.2, 0.25) is 0 Å². The van der Waals surface area contributed by atoms with E-state index in [2.05, 4.69) is 21.2 Å². The van der Waals surface area contributed by atoms with Crippen LogP contribution in [0.3, 0.4) is 0 Å². The SMILES string of the molecule is O=C(CN1C(=O)S/C(=C\c2ccc(Br)o2)C1=O)Nc1ccc(F)cc1. The molecule has 6 nitrogen and oxygen atoms in total. The molecule has 1 saturated heterocycles. The lowest BCUT2D eigenvalue weighted by atomic mass is 10.3. The Morgan fingerprint density at radius 3 is 2.60 bits per heavy atom. The van der Waals surface area contributed by atoms with Crippen molar-refractivity contribution >= 4 is 56.5 Å². The van der Waals surface area contributed by atoms with E-state index in [0.29, 0.717) is 16.1 Å². The van der Waals surface area contributed by atoms with Crippen molar-refractivity contribution in [1.82, 2.24) is 4.90 Å². The second kappa shape index (κ2) is 7.24. The number of amides is 3. The van der Waals surface area contributed by atoms with Gasteiger partial charge in [-0.25, -0.2) is 4.39 Å². The molecule has 25 heavy (non-hydrogen) atoms. The third-order valence-electron chi connectivity index (χ3n) is 3.17. The third kappa shape index (κ3) is 4.18. The Kier molecular flexibility index (Phi) is 5.05. The Hall–Kier alpha value is -2.39. The predicted molar refractivity (Wildman–Crippen MR) is 94.1 cm³/mol.